The molecule has 0 radical (unpaired) electrons. The van der Waals surface area contributed by atoms with Crippen LogP contribution in [0.15, 0.2) is 78.9 Å². The summed E-state index contributed by atoms with van der Waals surface area (Å²) in [6, 6.07) is 22.0. The van der Waals surface area contributed by atoms with E-state index in [-0.39, 0.29) is 24.4 Å². The number of aliphatic hydroxyl groups excluding tert-OH is 1. The largest absolute Gasteiger partial charge is 0.493 e. The standard InChI is InChI=1S/C27H23Cl2N3O5/c28-19-4-1-3-18(12-19)17-9-7-16(8-10-17)11-21(14-24(33)27(36)37)30-26(35)23-15-25(34)32(31-23)22-6-2-5-20(29)13-22/h1-10,12-13,15,21,24,33-34H,11,14H2,(H,30,35)(H,36,37)/t21-,24+/m0/s1. The molecule has 4 rings (SSSR count). The predicted molar refractivity (Wildman–Crippen MR) is 140 cm³/mol. The van der Waals surface area contributed by atoms with E-state index in [2.05, 4.69) is 10.4 Å². The van der Waals surface area contributed by atoms with Gasteiger partial charge in [0.2, 0.25) is 5.88 Å². The van der Waals surface area contributed by atoms with E-state index < -0.39 is 24.0 Å². The molecule has 8 nitrogen and oxygen atoms in total. The quantitative estimate of drug-likeness (QED) is 0.243. The lowest BCUT2D eigenvalue weighted by molar-refractivity contribution is -0.147. The highest BCUT2D eigenvalue weighted by Gasteiger charge is 2.24. The molecule has 0 bridgehead atoms. The number of aliphatic hydroxyl groups is 1. The van der Waals surface area contributed by atoms with Gasteiger partial charge in [0.1, 0.15) is 0 Å². The molecule has 0 aliphatic rings. The van der Waals surface area contributed by atoms with E-state index in [4.69, 9.17) is 23.2 Å². The van der Waals surface area contributed by atoms with E-state index in [1.807, 2.05) is 42.5 Å². The molecule has 37 heavy (non-hydrogen) atoms. The van der Waals surface area contributed by atoms with Crippen LogP contribution in [-0.4, -0.2) is 49.1 Å². The van der Waals surface area contributed by atoms with Crippen LogP contribution in [-0.2, 0) is 11.2 Å². The summed E-state index contributed by atoms with van der Waals surface area (Å²) in [6.45, 7) is 0. The summed E-state index contributed by atoms with van der Waals surface area (Å²) in [7, 11) is 0. The lowest BCUT2D eigenvalue weighted by atomic mass is 9.97. The van der Waals surface area contributed by atoms with Crippen molar-refractivity contribution in [3.63, 3.8) is 0 Å². The Morgan fingerprint density at radius 1 is 0.919 bits per heavy atom. The number of nitrogens with one attached hydrogen (secondary N) is 1. The molecule has 1 heterocycles. The highest BCUT2D eigenvalue weighted by atomic mass is 35.5. The Kier molecular flexibility index (Phi) is 8.13. The van der Waals surface area contributed by atoms with Crippen molar-refractivity contribution in [1.29, 1.82) is 0 Å². The molecule has 3 aromatic carbocycles. The number of aliphatic carboxylic acids is 1. The first kappa shape index (κ1) is 26.2. The minimum Gasteiger partial charge on any atom is -0.493 e. The Labute approximate surface area is 222 Å². The van der Waals surface area contributed by atoms with Crippen LogP contribution in [0.5, 0.6) is 5.88 Å². The van der Waals surface area contributed by atoms with Gasteiger partial charge >= 0.3 is 5.97 Å². The van der Waals surface area contributed by atoms with Gasteiger partial charge in [0.05, 0.1) is 5.69 Å². The number of aromatic nitrogens is 2. The number of hydrogen-bond acceptors (Lipinski definition) is 5. The Hall–Kier alpha value is -3.85. The van der Waals surface area contributed by atoms with Crippen LogP contribution in [0.3, 0.4) is 0 Å². The molecule has 0 saturated carbocycles. The van der Waals surface area contributed by atoms with Gasteiger partial charge in [-0.3, -0.25) is 4.79 Å². The number of hydrogen-bond donors (Lipinski definition) is 4. The van der Waals surface area contributed by atoms with Crippen LogP contribution >= 0.6 is 23.2 Å². The summed E-state index contributed by atoms with van der Waals surface area (Å²) in [5.74, 6) is -2.29. The zero-order valence-corrected chi connectivity index (χ0v) is 20.9. The summed E-state index contributed by atoms with van der Waals surface area (Å²) in [5.41, 5.74) is 3.09. The molecule has 1 aromatic heterocycles. The number of halogens is 2. The molecule has 0 spiro atoms. The molecule has 1 amide bonds. The Morgan fingerprint density at radius 2 is 1.59 bits per heavy atom. The predicted octanol–water partition coefficient (Wildman–Crippen LogP) is 4.73. The first-order valence-corrected chi connectivity index (χ1v) is 12.1. The third kappa shape index (κ3) is 6.68. The maximum Gasteiger partial charge on any atom is 0.332 e. The van der Waals surface area contributed by atoms with Crippen LogP contribution in [0.2, 0.25) is 10.0 Å². The zero-order valence-electron chi connectivity index (χ0n) is 19.4. The van der Waals surface area contributed by atoms with Crippen LogP contribution in [0.25, 0.3) is 16.8 Å². The second kappa shape index (κ2) is 11.5. The molecule has 2 atom stereocenters. The van der Waals surface area contributed by atoms with Crippen molar-refractivity contribution in [2.75, 3.05) is 0 Å². The number of carboxylic acids is 1. The SMILES string of the molecule is O=C(N[C@@H](Cc1ccc(-c2cccc(Cl)c2)cc1)C[C@@H](O)C(=O)O)c1cc(O)n(-c2cccc(Cl)c2)n1. The van der Waals surface area contributed by atoms with Gasteiger partial charge in [0.15, 0.2) is 11.8 Å². The van der Waals surface area contributed by atoms with Gasteiger partial charge in [-0.25, -0.2) is 9.48 Å². The van der Waals surface area contributed by atoms with Gasteiger partial charge in [-0.1, -0.05) is 65.7 Å². The molecular weight excluding hydrogens is 517 g/mol. The first-order valence-electron chi connectivity index (χ1n) is 11.3. The molecule has 4 N–H and O–H groups in total. The third-order valence-corrected chi connectivity index (χ3v) is 6.17. The molecule has 0 saturated heterocycles. The van der Waals surface area contributed by atoms with Gasteiger partial charge in [0, 0.05) is 28.6 Å². The molecule has 190 valence electrons. The third-order valence-electron chi connectivity index (χ3n) is 5.70. The highest BCUT2D eigenvalue weighted by Crippen LogP contribution is 2.24. The molecule has 4 aromatic rings. The number of rotatable bonds is 9. The number of carbonyl (C=O) groups is 2. The van der Waals surface area contributed by atoms with Crippen LogP contribution in [0, 0.1) is 0 Å². The topological polar surface area (TPSA) is 125 Å². The minimum absolute atomic E-state index is 0.0800. The van der Waals surface area contributed by atoms with Crippen LogP contribution in [0.1, 0.15) is 22.5 Å². The van der Waals surface area contributed by atoms with Crippen molar-refractivity contribution in [2.24, 2.45) is 0 Å². The Bertz CT molecular complexity index is 1420. The van der Waals surface area contributed by atoms with E-state index >= 15 is 0 Å². The van der Waals surface area contributed by atoms with E-state index in [0.29, 0.717) is 15.7 Å². The average Bonchev–Trinajstić information content (AvgIpc) is 3.26. The van der Waals surface area contributed by atoms with Crippen LogP contribution < -0.4 is 5.32 Å². The van der Waals surface area contributed by atoms with Gasteiger partial charge in [-0.05, 0) is 53.4 Å². The highest BCUT2D eigenvalue weighted by molar-refractivity contribution is 6.31. The van der Waals surface area contributed by atoms with E-state index in [1.54, 1.807) is 30.3 Å². The number of carbonyl (C=O) groups excluding carboxylic acids is 1. The fourth-order valence-corrected chi connectivity index (χ4v) is 4.26. The Balaban J connectivity index is 1.52. The lowest BCUT2D eigenvalue weighted by Crippen LogP contribution is -2.40. The van der Waals surface area contributed by atoms with Crippen molar-refractivity contribution in [2.45, 2.75) is 25.0 Å². The van der Waals surface area contributed by atoms with Crippen molar-refractivity contribution in [1.82, 2.24) is 15.1 Å². The van der Waals surface area contributed by atoms with Crippen LogP contribution in [0.4, 0.5) is 0 Å². The van der Waals surface area contributed by atoms with Gasteiger partial charge in [-0.2, -0.15) is 5.10 Å². The average molecular weight is 540 g/mol. The van der Waals surface area contributed by atoms with Crippen molar-refractivity contribution < 1.29 is 24.9 Å². The van der Waals surface area contributed by atoms with E-state index in [0.717, 1.165) is 21.4 Å². The maximum atomic E-state index is 13.0. The van der Waals surface area contributed by atoms with Crippen molar-refractivity contribution >= 4 is 35.1 Å². The van der Waals surface area contributed by atoms with Gasteiger partial charge < -0.3 is 20.6 Å². The first-order chi connectivity index (χ1) is 17.7. The molecule has 0 unspecified atom stereocenters. The zero-order chi connectivity index (χ0) is 26.5. The fraction of sp³-hybridized carbons (Fsp3) is 0.148. The number of benzene rings is 3. The summed E-state index contributed by atoms with van der Waals surface area (Å²) >= 11 is 12.1. The lowest BCUT2D eigenvalue weighted by Gasteiger charge is -2.20. The molecule has 0 aliphatic carbocycles. The summed E-state index contributed by atoms with van der Waals surface area (Å²) in [4.78, 5) is 24.2. The number of amides is 1. The van der Waals surface area contributed by atoms with Crippen molar-refractivity contribution in [3.8, 4) is 22.7 Å². The molecule has 0 fully saturated rings. The normalized spacial score (nSPS) is 12.6. The number of carboxylic acid groups (broad SMARTS) is 1. The minimum atomic E-state index is -1.67. The molecule has 0 aliphatic heterocycles. The number of aromatic hydroxyl groups is 1. The smallest absolute Gasteiger partial charge is 0.332 e. The monoisotopic (exact) mass is 539 g/mol. The summed E-state index contributed by atoms with van der Waals surface area (Å²) in [6.07, 6.45) is -1.64. The second-order valence-corrected chi connectivity index (χ2v) is 9.32. The van der Waals surface area contributed by atoms with Crippen molar-refractivity contribution in [3.05, 3.63) is 100 Å². The molecular formula is C27H23Cl2N3O5. The van der Waals surface area contributed by atoms with Gasteiger partial charge in [-0.15, -0.1) is 0 Å². The summed E-state index contributed by atoms with van der Waals surface area (Å²) in [5, 5.41) is 37.4. The van der Waals surface area contributed by atoms with E-state index in [9.17, 15) is 24.9 Å². The Morgan fingerprint density at radius 3 is 2.24 bits per heavy atom. The van der Waals surface area contributed by atoms with Gasteiger partial charge in [0.25, 0.3) is 5.91 Å². The fourth-order valence-electron chi connectivity index (χ4n) is 3.89. The summed E-state index contributed by atoms with van der Waals surface area (Å²) < 4.78 is 1.16. The van der Waals surface area contributed by atoms with E-state index in [1.165, 1.54) is 6.07 Å². The second-order valence-electron chi connectivity index (χ2n) is 8.45. The number of nitrogens with zero attached hydrogens (tertiary/aromatic N) is 2. The maximum absolute atomic E-state index is 13.0. The molecule has 10 heteroatoms.